The molecule has 14 nitrogen and oxygen atoms in total. The Morgan fingerprint density at radius 2 is 1.04 bits per heavy atom. The number of sulfonamides is 2. The summed E-state index contributed by atoms with van der Waals surface area (Å²) < 4.78 is 58.8. The van der Waals surface area contributed by atoms with Crippen molar-refractivity contribution >= 4 is 53.4 Å². The fourth-order valence-corrected chi connectivity index (χ4v) is 12.3. The van der Waals surface area contributed by atoms with Gasteiger partial charge in [-0.15, -0.1) is 0 Å². The molecule has 6 aromatic rings. The highest BCUT2D eigenvalue weighted by Crippen LogP contribution is 2.46. The summed E-state index contributed by atoms with van der Waals surface area (Å²) in [5.41, 5.74) is 5.83. The van der Waals surface area contributed by atoms with Crippen molar-refractivity contribution in [1.82, 2.24) is 48.1 Å². The predicted octanol–water partition coefficient (Wildman–Crippen LogP) is 5.62. The molecule has 4 saturated carbocycles. The summed E-state index contributed by atoms with van der Waals surface area (Å²) in [7, 11) is -6.22. The van der Waals surface area contributed by atoms with E-state index in [1.807, 2.05) is 49.3 Å². The van der Waals surface area contributed by atoms with Crippen molar-refractivity contribution in [3.63, 3.8) is 0 Å². The first-order valence-corrected chi connectivity index (χ1v) is 22.8. The van der Waals surface area contributed by atoms with Crippen LogP contribution in [0.1, 0.15) is 102 Å². The summed E-state index contributed by atoms with van der Waals surface area (Å²) in [5.74, 6) is 4.62. The molecule has 6 aromatic heterocycles. The molecule has 288 valence electrons. The smallest absolute Gasteiger partial charge is 0.214 e. The SMILES string of the molecule is CC[C@@H]1C[C@H](CNS(=O)(=O)C2CC2)C[C@@H]1c1ncc2cnc3[nH]ccc3n12.CC[C@H]1C[C@@H](CNS(=O)(=O)C2CC2)C[C@H]1c1ncc2cnc3[nH]ccc3n12. The second-order valence-electron chi connectivity index (χ2n) is 16.1. The van der Waals surface area contributed by atoms with Gasteiger partial charge in [0, 0.05) is 37.3 Å². The van der Waals surface area contributed by atoms with Crippen LogP contribution in [0.4, 0.5) is 0 Å². The monoisotopic (exact) mass is 774 g/mol. The molecule has 0 amide bonds. The number of nitrogens with one attached hydrogen (secondary N) is 4. The number of aromatic amines is 2. The first kappa shape index (κ1) is 35.8. The van der Waals surface area contributed by atoms with Gasteiger partial charge in [0.15, 0.2) is 11.3 Å². The summed E-state index contributed by atoms with van der Waals surface area (Å²) >= 11 is 0. The molecule has 0 aromatic carbocycles. The minimum absolute atomic E-state index is 0.151. The normalized spacial score (nSPS) is 26.3. The lowest BCUT2D eigenvalue weighted by atomic mass is 9.93. The molecular formula is C38H50N10O4S2. The van der Waals surface area contributed by atoms with Gasteiger partial charge in [-0.3, -0.25) is 8.80 Å². The van der Waals surface area contributed by atoms with Crippen LogP contribution < -0.4 is 9.44 Å². The second kappa shape index (κ2) is 14.0. The highest BCUT2D eigenvalue weighted by molar-refractivity contribution is 7.90. The van der Waals surface area contributed by atoms with Crippen molar-refractivity contribution in [3.05, 3.63) is 61.0 Å². The third-order valence-electron chi connectivity index (χ3n) is 12.5. The topological polar surface area (TPSA) is 184 Å². The number of hydrogen-bond acceptors (Lipinski definition) is 8. The van der Waals surface area contributed by atoms with Gasteiger partial charge in [0.2, 0.25) is 20.0 Å². The summed E-state index contributed by atoms with van der Waals surface area (Å²) in [6, 6.07) is 4.08. The van der Waals surface area contributed by atoms with Crippen LogP contribution in [0.15, 0.2) is 49.3 Å². The zero-order valence-electron chi connectivity index (χ0n) is 30.9. The van der Waals surface area contributed by atoms with E-state index in [1.54, 1.807) is 0 Å². The van der Waals surface area contributed by atoms with Crippen LogP contribution in [0.2, 0.25) is 0 Å². The van der Waals surface area contributed by atoms with Crippen molar-refractivity contribution in [2.24, 2.45) is 23.7 Å². The summed E-state index contributed by atoms with van der Waals surface area (Å²) in [6.07, 6.45) is 20.7. The first-order chi connectivity index (χ1) is 26.1. The van der Waals surface area contributed by atoms with E-state index in [9.17, 15) is 16.8 Å². The van der Waals surface area contributed by atoms with Gasteiger partial charge in [-0.1, -0.05) is 26.7 Å². The van der Waals surface area contributed by atoms with E-state index in [4.69, 9.17) is 9.97 Å². The molecule has 0 spiro atoms. The van der Waals surface area contributed by atoms with E-state index in [2.05, 4.69) is 52.0 Å². The van der Waals surface area contributed by atoms with Gasteiger partial charge in [-0.05, 0) is 87.2 Å². The largest absolute Gasteiger partial charge is 0.345 e. The number of hydrogen-bond donors (Lipinski definition) is 4. The van der Waals surface area contributed by atoms with Gasteiger partial charge in [-0.2, -0.15) is 0 Å². The quantitative estimate of drug-likeness (QED) is 0.123. The standard InChI is InChI=1S/2C19H25N5O2S/c2*1-2-13-7-12(9-23-27(25,26)15-3-4-15)8-16(13)19-22-11-14-10-21-18-17(24(14)19)5-6-20-18/h2*5-6,10-13,15-16,20,23H,2-4,7-9H2,1H3/t2*12-,13+,16-/m10/s1. The number of rotatable bonds is 12. The molecule has 4 aliphatic carbocycles. The maximum Gasteiger partial charge on any atom is 0.214 e. The molecule has 0 radical (unpaired) electrons. The second-order valence-corrected chi connectivity index (χ2v) is 20.2. The number of H-pyrrole nitrogens is 2. The molecule has 4 N–H and O–H groups in total. The molecule has 0 saturated heterocycles. The molecule has 0 bridgehead atoms. The van der Waals surface area contributed by atoms with Crippen molar-refractivity contribution in [2.75, 3.05) is 13.1 Å². The molecule has 16 heteroatoms. The molecule has 4 fully saturated rings. The van der Waals surface area contributed by atoms with Gasteiger partial charge in [0.05, 0.1) is 57.4 Å². The number of imidazole rings is 2. The van der Waals surface area contributed by atoms with Gasteiger partial charge in [-0.25, -0.2) is 46.2 Å². The van der Waals surface area contributed by atoms with Gasteiger partial charge < -0.3 is 9.97 Å². The minimum Gasteiger partial charge on any atom is -0.345 e. The van der Waals surface area contributed by atoms with Crippen molar-refractivity contribution in [2.45, 2.75) is 100 Å². The summed E-state index contributed by atoms with van der Waals surface area (Å²) in [4.78, 5) is 24.8. The number of nitrogens with zero attached hydrogens (tertiary/aromatic N) is 6. The lowest BCUT2D eigenvalue weighted by Crippen LogP contribution is -2.31. The molecule has 10 rings (SSSR count). The third-order valence-corrected chi connectivity index (χ3v) is 16.4. The zero-order chi connectivity index (χ0) is 37.2. The average molecular weight is 775 g/mol. The van der Waals surface area contributed by atoms with E-state index in [-0.39, 0.29) is 10.5 Å². The maximum absolute atomic E-state index is 12.2. The Bertz CT molecular complexity index is 2340. The first-order valence-electron chi connectivity index (χ1n) is 19.7. The van der Waals surface area contributed by atoms with Crippen LogP contribution in [0, 0.1) is 23.7 Å². The van der Waals surface area contributed by atoms with Crippen LogP contribution in [-0.4, -0.2) is 79.1 Å². The molecule has 0 aliphatic heterocycles. The van der Waals surface area contributed by atoms with Gasteiger partial charge in [0.25, 0.3) is 0 Å². The van der Waals surface area contributed by atoms with E-state index >= 15 is 0 Å². The minimum atomic E-state index is -3.11. The molecular weight excluding hydrogens is 725 g/mol. The summed E-state index contributed by atoms with van der Waals surface area (Å²) in [5, 5.41) is -0.301. The molecule has 4 aliphatic rings. The van der Waals surface area contributed by atoms with Crippen molar-refractivity contribution < 1.29 is 16.8 Å². The Hall–Kier alpha value is -3.86. The maximum atomic E-state index is 12.2. The van der Waals surface area contributed by atoms with E-state index in [1.165, 1.54) is 0 Å². The van der Waals surface area contributed by atoms with Gasteiger partial charge >= 0.3 is 0 Å². The highest BCUT2D eigenvalue weighted by atomic mass is 32.2. The number of aromatic nitrogens is 8. The lowest BCUT2D eigenvalue weighted by Gasteiger charge is -2.17. The van der Waals surface area contributed by atoms with Crippen LogP contribution >= 0.6 is 0 Å². The molecule has 6 heterocycles. The lowest BCUT2D eigenvalue weighted by molar-refractivity contribution is 0.444. The van der Waals surface area contributed by atoms with Crippen LogP contribution in [0.5, 0.6) is 0 Å². The van der Waals surface area contributed by atoms with Gasteiger partial charge in [0.1, 0.15) is 11.6 Å². The predicted molar refractivity (Wildman–Crippen MR) is 208 cm³/mol. The fraction of sp³-hybridized carbons (Fsp3) is 0.579. The Kier molecular flexibility index (Phi) is 9.30. The Morgan fingerprint density at radius 1 is 0.630 bits per heavy atom. The van der Waals surface area contributed by atoms with Crippen LogP contribution in [0.25, 0.3) is 33.4 Å². The Morgan fingerprint density at radius 3 is 1.43 bits per heavy atom. The van der Waals surface area contributed by atoms with Crippen LogP contribution in [-0.2, 0) is 20.0 Å². The van der Waals surface area contributed by atoms with Crippen molar-refractivity contribution in [1.29, 1.82) is 0 Å². The third kappa shape index (κ3) is 6.72. The molecule has 54 heavy (non-hydrogen) atoms. The molecule has 0 unspecified atom stereocenters. The highest BCUT2D eigenvalue weighted by Gasteiger charge is 2.41. The molecule has 6 atom stereocenters. The zero-order valence-corrected chi connectivity index (χ0v) is 32.5. The van der Waals surface area contributed by atoms with Crippen LogP contribution in [0.3, 0.4) is 0 Å². The summed E-state index contributed by atoms with van der Waals surface area (Å²) in [6.45, 7) is 5.54. The van der Waals surface area contributed by atoms with Crippen molar-refractivity contribution in [3.8, 4) is 0 Å². The Labute approximate surface area is 315 Å². The van der Waals surface area contributed by atoms with E-state index < -0.39 is 20.0 Å². The van der Waals surface area contributed by atoms with E-state index in [0.717, 1.165) is 109 Å². The average Bonchev–Trinajstić information content (AvgIpc) is 3.78. The Balaban J connectivity index is 0.000000142. The fourth-order valence-electron chi connectivity index (χ4n) is 9.33. The number of fused-ring (bicyclic) bond motifs is 6. The van der Waals surface area contributed by atoms with E-state index in [0.29, 0.717) is 48.6 Å².